The molecule has 6 heteroatoms. The lowest BCUT2D eigenvalue weighted by molar-refractivity contribution is -0.137. The van der Waals surface area contributed by atoms with Crippen molar-refractivity contribution in [2.75, 3.05) is 7.05 Å². The maximum atomic E-state index is 12.7. The Bertz CT molecular complexity index is 618. The Morgan fingerprint density at radius 1 is 1.30 bits per heavy atom. The maximum absolute atomic E-state index is 12.7. The van der Waals surface area contributed by atoms with E-state index in [-0.39, 0.29) is 12.1 Å². The number of halogens is 3. The van der Waals surface area contributed by atoms with Crippen molar-refractivity contribution < 1.29 is 13.2 Å². The van der Waals surface area contributed by atoms with E-state index in [0.29, 0.717) is 6.42 Å². The van der Waals surface area contributed by atoms with Crippen LogP contribution < -0.4 is 5.32 Å². The van der Waals surface area contributed by atoms with E-state index in [0.717, 1.165) is 23.5 Å². The van der Waals surface area contributed by atoms with Crippen LogP contribution in [0.2, 0.25) is 0 Å². The quantitative estimate of drug-likeness (QED) is 0.917. The fraction of sp³-hybridized carbons (Fsp3) is 0.357. The van der Waals surface area contributed by atoms with Crippen molar-refractivity contribution in [1.82, 2.24) is 15.1 Å². The van der Waals surface area contributed by atoms with E-state index in [1.165, 1.54) is 4.68 Å². The Labute approximate surface area is 114 Å². The third-order valence-corrected chi connectivity index (χ3v) is 3.78. The van der Waals surface area contributed by atoms with Gasteiger partial charge in [0, 0.05) is 6.20 Å². The molecule has 1 aromatic heterocycles. The Morgan fingerprint density at radius 2 is 2.05 bits per heavy atom. The maximum Gasteiger partial charge on any atom is 0.419 e. The van der Waals surface area contributed by atoms with Gasteiger partial charge in [-0.25, -0.2) is 0 Å². The average molecular weight is 281 g/mol. The number of alkyl halides is 3. The third-order valence-electron chi connectivity index (χ3n) is 3.78. The van der Waals surface area contributed by atoms with Crippen LogP contribution in [-0.4, -0.2) is 16.8 Å². The number of hydrogen-bond acceptors (Lipinski definition) is 2. The minimum absolute atomic E-state index is 0.0211. The van der Waals surface area contributed by atoms with Crippen LogP contribution in [0.25, 0.3) is 0 Å². The Morgan fingerprint density at radius 3 is 2.70 bits per heavy atom. The number of likely N-dealkylation sites (N-methyl/N-ethyl adjacent to an activating group) is 1. The minimum atomic E-state index is -4.35. The van der Waals surface area contributed by atoms with Gasteiger partial charge in [-0.15, -0.1) is 0 Å². The Balaban J connectivity index is 1.94. The first kappa shape index (κ1) is 13.2. The number of nitrogens with one attached hydrogen (secondary N) is 1. The van der Waals surface area contributed by atoms with Gasteiger partial charge in [0.25, 0.3) is 0 Å². The first-order valence-electron chi connectivity index (χ1n) is 6.37. The zero-order valence-corrected chi connectivity index (χ0v) is 10.9. The second-order valence-corrected chi connectivity index (χ2v) is 4.94. The number of aromatic nitrogens is 2. The molecule has 2 unspecified atom stereocenters. The molecule has 0 saturated carbocycles. The molecule has 1 aliphatic rings. The van der Waals surface area contributed by atoms with Gasteiger partial charge in [0.1, 0.15) is 0 Å². The highest BCUT2D eigenvalue weighted by molar-refractivity contribution is 5.36. The molecule has 0 spiro atoms. The SMILES string of the molecule is CNC1c2ccccc2CC1n1cc(C(F)(F)F)cn1. The molecule has 0 saturated heterocycles. The number of rotatable bonds is 2. The summed E-state index contributed by atoms with van der Waals surface area (Å²) in [5.41, 5.74) is 1.58. The van der Waals surface area contributed by atoms with E-state index in [1.807, 2.05) is 31.3 Å². The molecule has 0 radical (unpaired) electrons. The van der Waals surface area contributed by atoms with Gasteiger partial charge in [-0.1, -0.05) is 24.3 Å². The summed E-state index contributed by atoms with van der Waals surface area (Å²) in [7, 11) is 1.81. The lowest BCUT2D eigenvalue weighted by Gasteiger charge is -2.20. The zero-order valence-electron chi connectivity index (χ0n) is 10.9. The van der Waals surface area contributed by atoms with Crippen molar-refractivity contribution in [2.45, 2.75) is 24.7 Å². The topological polar surface area (TPSA) is 29.9 Å². The molecule has 0 aliphatic heterocycles. The van der Waals surface area contributed by atoms with Crippen LogP contribution in [0.15, 0.2) is 36.7 Å². The average Bonchev–Trinajstić information content (AvgIpc) is 3.02. The van der Waals surface area contributed by atoms with Crippen LogP contribution in [0.3, 0.4) is 0 Å². The number of hydrogen-bond donors (Lipinski definition) is 1. The van der Waals surface area contributed by atoms with Crippen LogP contribution in [0.1, 0.15) is 28.8 Å². The predicted octanol–water partition coefficient (Wildman–Crippen LogP) is 2.96. The summed E-state index contributed by atoms with van der Waals surface area (Å²) < 4.78 is 39.4. The molecule has 20 heavy (non-hydrogen) atoms. The van der Waals surface area contributed by atoms with E-state index >= 15 is 0 Å². The fourth-order valence-electron chi connectivity index (χ4n) is 2.83. The van der Waals surface area contributed by atoms with Gasteiger partial charge in [-0.3, -0.25) is 4.68 Å². The monoisotopic (exact) mass is 281 g/mol. The summed E-state index contributed by atoms with van der Waals surface area (Å²) in [6, 6.07) is 7.74. The number of nitrogens with zero attached hydrogens (tertiary/aromatic N) is 2. The van der Waals surface area contributed by atoms with E-state index in [9.17, 15) is 13.2 Å². The molecule has 3 nitrogen and oxygen atoms in total. The Hall–Kier alpha value is -1.82. The summed E-state index contributed by atoms with van der Waals surface area (Å²) >= 11 is 0. The first-order chi connectivity index (χ1) is 9.50. The zero-order chi connectivity index (χ0) is 14.3. The van der Waals surface area contributed by atoms with Crippen molar-refractivity contribution in [2.24, 2.45) is 0 Å². The molecule has 0 amide bonds. The van der Waals surface area contributed by atoms with Crippen molar-refractivity contribution >= 4 is 0 Å². The molecule has 1 aromatic carbocycles. The molecule has 2 aromatic rings. The lowest BCUT2D eigenvalue weighted by atomic mass is 10.1. The largest absolute Gasteiger partial charge is 0.419 e. The molecule has 0 bridgehead atoms. The molecule has 0 fully saturated rings. The van der Waals surface area contributed by atoms with Gasteiger partial charge in [0.15, 0.2) is 0 Å². The van der Waals surface area contributed by atoms with Gasteiger partial charge in [0.2, 0.25) is 0 Å². The van der Waals surface area contributed by atoms with Crippen molar-refractivity contribution in [3.05, 3.63) is 53.3 Å². The first-order valence-corrected chi connectivity index (χ1v) is 6.37. The summed E-state index contributed by atoms with van der Waals surface area (Å²) in [6.45, 7) is 0. The molecule has 1 aliphatic carbocycles. The highest BCUT2D eigenvalue weighted by Crippen LogP contribution is 2.39. The lowest BCUT2D eigenvalue weighted by Crippen LogP contribution is -2.24. The van der Waals surface area contributed by atoms with Gasteiger partial charge in [-0.05, 0) is 24.6 Å². The normalized spacial score (nSPS) is 22.0. The second-order valence-electron chi connectivity index (χ2n) is 4.94. The molecule has 1 N–H and O–H groups in total. The fourth-order valence-corrected chi connectivity index (χ4v) is 2.83. The van der Waals surface area contributed by atoms with Gasteiger partial charge >= 0.3 is 6.18 Å². The van der Waals surface area contributed by atoms with Crippen LogP contribution >= 0.6 is 0 Å². The summed E-state index contributed by atoms with van der Waals surface area (Å²) in [5.74, 6) is 0. The summed E-state index contributed by atoms with van der Waals surface area (Å²) in [4.78, 5) is 0. The number of benzene rings is 1. The number of fused-ring (bicyclic) bond motifs is 1. The second kappa shape index (κ2) is 4.63. The predicted molar refractivity (Wildman–Crippen MR) is 68.2 cm³/mol. The summed E-state index contributed by atoms with van der Waals surface area (Å²) in [5, 5.41) is 7.08. The third kappa shape index (κ3) is 2.10. The minimum Gasteiger partial charge on any atom is -0.311 e. The smallest absolute Gasteiger partial charge is 0.311 e. The van der Waals surface area contributed by atoms with Crippen LogP contribution in [0.5, 0.6) is 0 Å². The molecule has 106 valence electrons. The van der Waals surface area contributed by atoms with Gasteiger partial charge in [0.05, 0.1) is 23.8 Å². The highest BCUT2D eigenvalue weighted by Gasteiger charge is 2.36. The van der Waals surface area contributed by atoms with E-state index in [1.54, 1.807) is 0 Å². The van der Waals surface area contributed by atoms with Crippen molar-refractivity contribution in [3.63, 3.8) is 0 Å². The molecular weight excluding hydrogens is 267 g/mol. The van der Waals surface area contributed by atoms with Crippen molar-refractivity contribution in [1.29, 1.82) is 0 Å². The standard InChI is InChI=1S/C14H14F3N3/c1-18-13-11-5-3-2-4-9(11)6-12(13)20-8-10(7-19-20)14(15,16)17/h2-5,7-8,12-13,18H,6H2,1H3. The van der Waals surface area contributed by atoms with Crippen LogP contribution in [0, 0.1) is 0 Å². The van der Waals surface area contributed by atoms with Gasteiger partial charge in [-0.2, -0.15) is 18.3 Å². The molecule has 1 heterocycles. The Kier molecular flexibility index (Phi) is 3.05. The highest BCUT2D eigenvalue weighted by atomic mass is 19.4. The molecule has 2 atom stereocenters. The summed E-state index contributed by atoms with van der Waals surface area (Å²) in [6.07, 6.45) is -1.70. The molecular formula is C14H14F3N3. The van der Waals surface area contributed by atoms with Gasteiger partial charge < -0.3 is 5.32 Å². The van der Waals surface area contributed by atoms with Crippen molar-refractivity contribution in [3.8, 4) is 0 Å². The van der Waals surface area contributed by atoms with Crippen LogP contribution in [0.4, 0.5) is 13.2 Å². The van der Waals surface area contributed by atoms with E-state index in [4.69, 9.17) is 0 Å². The van der Waals surface area contributed by atoms with Crippen LogP contribution in [-0.2, 0) is 12.6 Å². The van der Waals surface area contributed by atoms with E-state index in [2.05, 4.69) is 10.4 Å². The van der Waals surface area contributed by atoms with E-state index < -0.39 is 11.7 Å². The molecule has 3 rings (SSSR count).